The number of anilines is 4. The van der Waals surface area contributed by atoms with E-state index >= 15 is 0 Å². The Hall–Kier alpha value is -3.58. The van der Waals surface area contributed by atoms with Gasteiger partial charge in [0.1, 0.15) is 0 Å². The van der Waals surface area contributed by atoms with Crippen LogP contribution in [0.25, 0.3) is 10.9 Å². The summed E-state index contributed by atoms with van der Waals surface area (Å²) in [5, 5.41) is 12.3. The molecule has 0 saturated carbocycles. The van der Waals surface area contributed by atoms with Crippen LogP contribution in [-0.4, -0.2) is 60.7 Å². The first-order valence-electron chi connectivity index (χ1n) is 11.9. The first-order chi connectivity index (χ1) is 17.8. The van der Waals surface area contributed by atoms with Crippen molar-refractivity contribution in [3.05, 3.63) is 66.2 Å². The predicted octanol–water partition coefficient (Wildman–Crippen LogP) is 3.35. The van der Waals surface area contributed by atoms with Crippen LogP contribution in [0.5, 0.6) is 0 Å². The molecule has 0 amide bonds. The van der Waals surface area contributed by atoms with Crippen molar-refractivity contribution in [2.75, 3.05) is 43.5 Å². The summed E-state index contributed by atoms with van der Waals surface area (Å²) in [6.45, 7) is 6.79. The van der Waals surface area contributed by atoms with Crippen LogP contribution in [0.3, 0.4) is 0 Å². The quantitative estimate of drug-likeness (QED) is 0.320. The standard InChI is InChI=1S/C25H28FN7O3S/c1-17-2-4-20(15-23(17)37(27,34)35)30-25-28-16-21(26)24(31-25)29-19-5-3-18-6-7-33(22(18)14-19)9-8-32-10-12-36-13-11-32/h2-7,14-16H,8-13H2,1H3,(H2,27,34,35)(H2,28,29,30,31). The maximum Gasteiger partial charge on any atom is 0.238 e. The van der Waals surface area contributed by atoms with Gasteiger partial charge in [0.15, 0.2) is 11.6 Å². The number of nitrogens with one attached hydrogen (secondary N) is 2. The topological polar surface area (TPSA) is 127 Å². The maximum atomic E-state index is 14.6. The normalized spacial score (nSPS) is 14.7. The molecule has 4 aromatic rings. The minimum atomic E-state index is -3.89. The van der Waals surface area contributed by atoms with Gasteiger partial charge in [-0.25, -0.2) is 22.9 Å². The third-order valence-corrected chi connectivity index (χ3v) is 7.35. The van der Waals surface area contributed by atoms with Crippen molar-refractivity contribution < 1.29 is 17.5 Å². The second-order valence-corrected chi connectivity index (χ2v) is 10.4. The number of fused-ring (bicyclic) bond motifs is 1. The summed E-state index contributed by atoms with van der Waals surface area (Å²) in [7, 11) is -3.89. The number of ether oxygens (including phenoxy) is 1. The van der Waals surface area contributed by atoms with Crippen molar-refractivity contribution in [1.82, 2.24) is 19.4 Å². The molecule has 194 valence electrons. The third kappa shape index (κ3) is 5.88. The molecule has 0 unspecified atom stereocenters. The highest BCUT2D eigenvalue weighted by molar-refractivity contribution is 7.89. The van der Waals surface area contributed by atoms with Crippen LogP contribution in [0.15, 0.2) is 59.8 Å². The van der Waals surface area contributed by atoms with E-state index in [1.165, 1.54) is 6.07 Å². The molecule has 4 N–H and O–H groups in total. The Morgan fingerprint density at radius 2 is 1.81 bits per heavy atom. The molecule has 0 aliphatic carbocycles. The first-order valence-corrected chi connectivity index (χ1v) is 13.4. The van der Waals surface area contributed by atoms with Crippen LogP contribution in [0.4, 0.5) is 27.5 Å². The molecule has 1 saturated heterocycles. The van der Waals surface area contributed by atoms with Crippen LogP contribution >= 0.6 is 0 Å². The van der Waals surface area contributed by atoms with E-state index in [9.17, 15) is 12.8 Å². The van der Waals surface area contributed by atoms with Crippen LogP contribution in [-0.2, 0) is 21.3 Å². The van der Waals surface area contributed by atoms with E-state index in [0.717, 1.165) is 56.5 Å². The van der Waals surface area contributed by atoms with Gasteiger partial charge in [-0.3, -0.25) is 4.90 Å². The molecule has 2 aromatic heterocycles. The van der Waals surface area contributed by atoms with E-state index in [1.54, 1.807) is 19.1 Å². The van der Waals surface area contributed by atoms with E-state index in [-0.39, 0.29) is 16.7 Å². The molecule has 0 atom stereocenters. The number of morpholine rings is 1. The molecule has 12 heteroatoms. The number of hydrogen-bond acceptors (Lipinski definition) is 8. The molecule has 1 aliphatic rings. The van der Waals surface area contributed by atoms with Gasteiger partial charge in [0.05, 0.1) is 29.8 Å². The molecule has 3 heterocycles. The second kappa shape index (κ2) is 10.4. The highest BCUT2D eigenvalue weighted by atomic mass is 32.2. The number of aryl methyl sites for hydroxylation is 1. The lowest BCUT2D eigenvalue weighted by Gasteiger charge is -2.26. The van der Waals surface area contributed by atoms with Crippen molar-refractivity contribution in [3.63, 3.8) is 0 Å². The second-order valence-electron chi connectivity index (χ2n) is 8.90. The number of aromatic nitrogens is 3. The minimum Gasteiger partial charge on any atom is -0.379 e. The monoisotopic (exact) mass is 525 g/mol. The summed E-state index contributed by atoms with van der Waals surface area (Å²) in [5.41, 5.74) is 2.63. The third-order valence-electron chi connectivity index (χ3n) is 6.29. The molecule has 2 aromatic carbocycles. The molecular formula is C25H28FN7O3S. The SMILES string of the molecule is Cc1ccc(Nc2ncc(F)c(Nc3ccc4ccn(CCN5CCOCC5)c4c3)n2)cc1S(N)(=O)=O. The minimum absolute atomic E-state index is 0.0112. The molecule has 10 nitrogen and oxygen atoms in total. The summed E-state index contributed by atoms with van der Waals surface area (Å²) < 4.78 is 45.9. The molecule has 0 radical (unpaired) electrons. The molecule has 0 spiro atoms. The summed E-state index contributed by atoms with van der Waals surface area (Å²) in [6.07, 6.45) is 3.11. The fourth-order valence-corrected chi connectivity index (χ4v) is 5.10. The predicted molar refractivity (Wildman–Crippen MR) is 140 cm³/mol. The van der Waals surface area contributed by atoms with Gasteiger partial charge in [0, 0.05) is 43.8 Å². The molecular weight excluding hydrogens is 497 g/mol. The number of halogens is 1. The molecule has 37 heavy (non-hydrogen) atoms. The van der Waals surface area contributed by atoms with E-state index in [0.29, 0.717) is 16.9 Å². The fraction of sp³-hybridized carbons (Fsp3) is 0.280. The number of nitrogens with two attached hydrogens (primary N) is 1. The Kier molecular flexibility index (Phi) is 7.07. The lowest BCUT2D eigenvalue weighted by molar-refractivity contribution is 0.0365. The zero-order valence-electron chi connectivity index (χ0n) is 20.3. The summed E-state index contributed by atoms with van der Waals surface area (Å²) in [4.78, 5) is 10.6. The summed E-state index contributed by atoms with van der Waals surface area (Å²) in [5.74, 6) is -0.535. The summed E-state index contributed by atoms with van der Waals surface area (Å²) >= 11 is 0. The van der Waals surface area contributed by atoms with Crippen molar-refractivity contribution in [1.29, 1.82) is 0 Å². The molecule has 1 aliphatic heterocycles. The van der Waals surface area contributed by atoms with Gasteiger partial charge in [-0.15, -0.1) is 0 Å². The van der Waals surface area contributed by atoms with Crippen molar-refractivity contribution in [2.24, 2.45) is 5.14 Å². The Balaban J connectivity index is 1.34. The number of nitrogens with zero attached hydrogens (tertiary/aromatic N) is 4. The number of benzene rings is 2. The van der Waals surface area contributed by atoms with Gasteiger partial charge in [-0.1, -0.05) is 12.1 Å². The number of primary sulfonamides is 1. The Bertz CT molecular complexity index is 1530. The molecule has 5 rings (SSSR count). The maximum absolute atomic E-state index is 14.6. The van der Waals surface area contributed by atoms with Crippen molar-refractivity contribution in [2.45, 2.75) is 18.4 Å². The average molecular weight is 526 g/mol. The van der Waals surface area contributed by atoms with Gasteiger partial charge >= 0.3 is 0 Å². The smallest absolute Gasteiger partial charge is 0.238 e. The largest absolute Gasteiger partial charge is 0.379 e. The van der Waals surface area contributed by atoms with E-state index < -0.39 is 15.8 Å². The summed E-state index contributed by atoms with van der Waals surface area (Å²) in [6, 6.07) is 12.5. The van der Waals surface area contributed by atoms with Gasteiger partial charge < -0.3 is 19.9 Å². The molecule has 0 bridgehead atoms. The number of rotatable bonds is 8. The van der Waals surface area contributed by atoms with Crippen LogP contribution in [0.2, 0.25) is 0 Å². The highest BCUT2D eigenvalue weighted by Crippen LogP contribution is 2.26. The van der Waals surface area contributed by atoms with Crippen LogP contribution < -0.4 is 15.8 Å². The van der Waals surface area contributed by atoms with Crippen LogP contribution in [0, 0.1) is 12.7 Å². The van der Waals surface area contributed by atoms with Crippen molar-refractivity contribution >= 4 is 44.1 Å². The molecule has 1 fully saturated rings. The highest BCUT2D eigenvalue weighted by Gasteiger charge is 2.14. The van der Waals surface area contributed by atoms with Crippen molar-refractivity contribution in [3.8, 4) is 0 Å². The Morgan fingerprint density at radius 1 is 1.05 bits per heavy atom. The number of sulfonamides is 1. The van der Waals surface area contributed by atoms with E-state index in [1.807, 2.05) is 18.2 Å². The van der Waals surface area contributed by atoms with Gasteiger partial charge in [-0.2, -0.15) is 4.98 Å². The first kappa shape index (κ1) is 25.1. The van der Waals surface area contributed by atoms with E-state index in [4.69, 9.17) is 9.88 Å². The Labute approximate surface area is 214 Å². The van der Waals surface area contributed by atoms with Gasteiger partial charge in [-0.05, 0) is 48.2 Å². The zero-order chi connectivity index (χ0) is 26.0. The average Bonchev–Trinajstić information content (AvgIpc) is 3.28. The van der Waals surface area contributed by atoms with Crippen LogP contribution in [0.1, 0.15) is 5.56 Å². The van der Waals surface area contributed by atoms with Gasteiger partial charge in [0.25, 0.3) is 0 Å². The zero-order valence-corrected chi connectivity index (χ0v) is 21.1. The van der Waals surface area contributed by atoms with E-state index in [2.05, 4.69) is 42.3 Å². The lowest BCUT2D eigenvalue weighted by atomic mass is 10.2. The van der Waals surface area contributed by atoms with Gasteiger partial charge in [0.2, 0.25) is 16.0 Å². The lowest BCUT2D eigenvalue weighted by Crippen LogP contribution is -2.38. The fourth-order valence-electron chi connectivity index (χ4n) is 4.30. The number of hydrogen-bond donors (Lipinski definition) is 3. The Morgan fingerprint density at radius 3 is 2.59 bits per heavy atom.